The highest BCUT2D eigenvalue weighted by Crippen LogP contribution is 2.27. The molecule has 2 aromatic heterocycles. The third-order valence-corrected chi connectivity index (χ3v) is 6.51. The summed E-state index contributed by atoms with van der Waals surface area (Å²) in [5.74, 6) is 1.13. The molecule has 12 nitrogen and oxygen atoms in total. The lowest BCUT2D eigenvalue weighted by atomic mass is 10.1. The molecule has 0 bridgehead atoms. The molecule has 0 amide bonds. The maximum Gasteiger partial charge on any atom is 0.305 e. The molecule has 0 spiro atoms. The highest BCUT2D eigenvalue weighted by molar-refractivity contribution is 5.76. The van der Waals surface area contributed by atoms with E-state index in [0.717, 1.165) is 10.7 Å². The SMILES string of the molecule is [C-]#[N+]/C(C#N)=C1\N=c2ccc(-c3nc(C(C)=C4N=c5ccccc5=N4)nc(-c4nc5ccccc5o4)n3)c(C#N)c2=N1. The van der Waals surface area contributed by atoms with E-state index in [2.05, 4.69) is 45.8 Å². The average molecular weight is 544 g/mol. The predicted octanol–water partition coefficient (Wildman–Crippen LogP) is 2.72. The summed E-state index contributed by atoms with van der Waals surface area (Å²) in [6.45, 7) is 9.03. The van der Waals surface area contributed by atoms with Crippen LogP contribution in [0.15, 0.2) is 102 Å². The van der Waals surface area contributed by atoms with Crippen LogP contribution in [0, 0.1) is 29.2 Å². The van der Waals surface area contributed by atoms with Gasteiger partial charge in [-0.2, -0.15) is 5.26 Å². The van der Waals surface area contributed by atoms with Gasteiger partial charge in [0.1, 0.15) is 16.9 Å². The third-order valence-electron chi connectivity index (χ3n) is 6.51. The molecule has 0 unspecified atom stereocenters. The van der Waals surface area contributed by atoms with Gasteiger partial charge in [0.25, 0.3) is 5.89 Å². The average Bonchev–Trinajstić information content (AvgIpc) is 3.77. The molecule has 0 radical (unpaired) electrons. The van der Waals surface area contributed by atoms with Crippen molar-refractivity contribution in [3.05, 3.63) is 122 Å². The zero-order valence-corrected chi connectivity index (χ0v) is 21.6. The number of benzene rings is 3. The molecule has 42 heavy (non-hydrogen) atoms. The Kier molecular flexibility index (Phi) is 5.50. The van der Waals surface area contributed by atoms with Crippen molar-refractivity contribution in [2.45, 2.75) is 6.92 Å². The summed E-state index contributed by atoms with van der Waals surface area (Å²) in [6, 6.07) is 22.0. The van der Waals surface area contributed by atoms with E-state index in [1.807, 2.05) is 42.5 Å². The van der Waals surface area contributed by atoms with E-state index in [1.54, 1.807) is 31.2 Å². The Morgan fingerprint density at radius 2 is 1.50 bits per heavy atom. The van der Waals surface area contributed by atoms with Gasteiger partial charge in [-0.1, -0.05) is 24.3 Å². The quantitative estimate of drug-likeness (QED) is 0.249. The monoisotopic (exact) mass is 543 g/mol. The molecule has 0 atom stereocenters. The first kappa shape index (κ1) is 24.3. The number of oxazole rings is 1. The smallest absolute Gasteiger partial charge is 0.305 e. The summed E-state index contributed by atoms with van der Waals surface area (Å²) >= 11 is 0. The zero-order valence-electron chi connectivity index (χ0n) is 21.6. The largest absolute Gasteiger partial charge is 0.434 e. The van der Waals surface area contributed by atoms with Gasteiger partial charge in [-0.25, -0.2) is 50.0 Å². The van der Waals surface area contributed by atoms with Crippen LogP contribution in [0.25, 0.3) is 44.6 Å². The van der Waals surface area contributed by atoms with Crippen LogP contribution in [0.2, 0.25) is 0 Å². The van der Waals surface area contributed by atoms with Gasteiger partial charge in [0, 0.05) is 11.1 Å². The molecule has 0 aliphatic carbocycles. The Bertz CT molecular complexity index is 2380. The maximum atomic E-state index is 10.2. The van der Waals surface area contributed by atoms with Gasteiger partial charge in [0.2, 0.25) is 5.82 Å². The summed E-state index contributed by atoms with van der Waals surface area (Å²) in [7, 11) is 0. The maximum absolute atomic E-state index is 10.2. The highest BCUT2D eigenvalue weighted by atomic mass is 16.3. The lowest BCUT2D eigenvalue weighted by Crippen LogP contribution is -2.25. The van der Waals surface area contributed by atoms with Gasteiger partial charge in [-0.15, -0.1) is 0 Å². The van der Waals surface area contributed by atoms with Crippen LogP contribution in [0.5, 0.6) is 0 Å². The Morgan fingerprint density at radius 3 is 2.21 bits per heavy atom. The number of hydrogen-bond donors (Lipinski definition) is 0. The normalized spacial score (nSPS) is 13.8. The Morgan fingerprint density at radius 1 is 0.786 bits per heavy atom. The topological polar surface area (TPSA) is 166 Å². The van der Waals surface area contributed by atoms with Gasteiger partial charge < -0.3 is 4.42 Å². The molecular formula is C30H13N11O. The highest BCUT2D eigenvalue weighted by Gasteiger charge is 2.22. The van der Waals surface area contributed by atoms with Crippen molar-refractivity contribution in [1.82, 2.24) is 19.9 Å². The van der Waals surface area contributed by atoms with Gasteiger partial charge in [0.05, 0.1) is 34.3 Å². The molecule has 5 aromatic rings. The molecular weight excluding hydrogens is 530 g/mol. The minimum absolute atomic E-state index is 0.0516. The van der Waals surface area contributed by atoms with Gasteiger partial charge in [-0.3, -0.25) is 0 Å². The number of fused-ring (bicyclic) bond motifs is 3. The van der Waals surface area contributed by atoms with Gasteiger partial charge >= 0.3 is 5.70 Å². The van der Waals surface area contributed by atoms with Gasteiger partial charge in [-0.05, 0) is 43.3 Å². The second-order valence-electron chi connectivity index (χ2n) is 9.04. The summed E-state index contributed by atoms with van der Waals surface area (Å²) in [6.07, 6.45) is 0. The minimum Gasteiger partial charge on any atom is -0.434 e. The van der Waals surface area contributed by atoms with E-state index in [4.69, 9.17) is 16.0 Å². The second-order valence-corrected chi connectivity index (χ2v) is 9.04. The van der Waals surface area contributed by atoms with Crippen LogP contribution in [0.4, 0.5) is 0 Å². The number of aromatic nitrogens is 4. The van der Waals surface area contributed by atoms with Gasteiger partial charge in [0.15, 0.2) is 28.9 Å². The number of rotatable bonds is 3. The molecule has 0 saturated carbocycles. The Labute approximate surface area is 235 Å². The fourth-order valence-corrected chi connectivity index (χ4v) is 4.46. The van der Waals surface area contributed by atoms with Crippen molar-refractivity contribution in [2.75, 3.05) is 0 Å². The first-order valence-corrected chi connectivity index (χ1v) is 12.4. The lowest BCUT2D eigenvalue weighted by Gasteiger charge is -2.08. The Balaban J connectivity index is 1.48. The van der Waals surface area contributed by atoms with Crippen LogP contribution in [0.3, 0.4) is 0 Å². The lowest BCUT2D eigenvalue weighted by molar-refractivity contribution is 0.612. The zero-order chi connectivity index (χ0) is 28.8. The Hall–Kier alpha value is -6.71. The van der Waals surface area contributed by atoms with E-state index < -0.39 is 0 Å². The molecule has 2 aliphatic heterocycles. The summed E-state index contributed by atoms with van der Waals surface area (Å²) < 4.78 is 5.96. The van der Waals surface area contributed by atoms with Crippen molar-refractivity contribution in [3.63, 3.8) is 0 Å². The van der Waals surface area contributed by atoms with Crippen LogP contribution in [-0.4, -0.2) is 19.9 Å². The van der Waals surface area contributed by atoms with E-state index in [-0.39, 0.29) is 45.8 Å². The minimum atomic E-state index is -0.273. The van der Waals surface area contributed by atoms with Crippen molar-refractivity contribution in [2.24, 2.45) is 20.0 Å². The molecule has 0 N–H and O–H groups in total. The van der Waals surface area contributed by atoms with E-state index >= 15 is 0 Å². The number of hydrogen-bond acceptors (Lipinski definition) is 11. The molecule has 2 aliphatic rings. The molecule has 0 fully saturated rings. The second kappa shape index (κ2) is 9.49. The standard InChI is InChI=1S/C30H13N11O/c1-15(25-34-18-7-3-4-8-19(18)35-25)26-39-27(41-29(40-26)30-37-20-9-5-6-10-23(20)42-30)16-11-12-21-24(17(16)13-31)38-28(36-21)22(14-32)33-2/h3-12H,1H3/b28-22+. The van der Waals surface area contributed by atoms with E-state index in [0.29, 0.717) is 33.4 Å². The van der Waals surface area contributed by atoms with Crippen molar-refractivity contribution in [1.29, 1.82) is 10.5 Å². The first-order valence-electron chi connectivity index (χ1n) is 12.4. The number of allylic oxidation sites excluding steroid dienone is 2. The summed E-state index contributed by atoms with van der Waals surface area (Å²) in [5.41, 5.74) is 1.97. The predicted molar refractivity (Wildman–Crippen MR) is 146 cm³/mol. The summed E-state index contributed by atoms with van der Waals surface area (Å²) in [5, 5.41) is 21.5. The molecule has 7 rings (SSSR count). The first-order chi connectivity index (χ1) is 20.6. The van der Waals surface area contributed by atoms with Crippen LogP contribution in [-0.2, 0) is 0 Å². The molecule has 12 heteroatoms. The van der Waals surface area contributed by atoms with Crippen LogP contribution in [0.1, 0.15) is 18.3 Å². The number of nitriles is 2. The van der Waals surface area contributed by atoms with E-state index in [9.17, 15) is 10.5 Å². The molecule has 4 heterocycles. The fraction of sp³-hybridized carbons (Fsp3) is 0.0333. The van der Waals surface area contributed by atoms with Crippen LogP contribution < -0.4 is 21.4 Å². The van der Waals surface area contributed by atoms with Crippen molar-refractivity contribution in [3.8, 4) is 35.2 Å². The molecule has 3 aromatic carbocycles. The fourth-order valence-electron chi connectivity index (χ4n) is 4.46. The summed E-state index contributed by atoms with van der Waals surface area (Å²) in [4.78, 5) is 39.6. The molecule has 194 valence electrons. The number of para-hydroxylation sites is 4. The molecule has 0 saturated heterocycles. The number of nitrogens with zero attached hydrogens (tertiary/aromatic N) is 11. The van der Waals surface area contributed by atoms with Crippen molar-refractivity contribution >= 4 is 16.7 Å². The van der Waals surface area contributed by atoms with Crippen LogP contribution >= 0.6 is 0 Å². The third kappa shape index (κ3) is 3.90. The van der Waals surface area contributed by atoms with Crippen molar-refractivity contribution < 1.29 is 4.42 Å². The van der Waals surface area contributed by atoms with E-state index in [1.165, 1.54) is 0 Å².